The summed E-state index contributed by atoms with van der Waals surface area (Å²) in [5.41, 5.74) is 3.50. The number of benzene rings is 3. The standard InChI is InChI=1S/C25H19Cl2N3O4/c1-15-6-7-20(8-16(15)2)29-25(31)19(13-28)9-18-11-22(26)24(23(27)12-18)34-14-17-4-3-5-21(10-17)30(32)33/h3-12H,14H2,1-2H3,(H,29,31)/b19-9+. The van der Waals surface area contributed by atoms with Crippen molar-refractivity contribution in [3.63, 3.8) is 0 Å². The summed E-state index contributed by atoms with van der Waals surface area (Å²) in [5, 5.41) is 23.4. The van der Waals surface area contributed by atoms with Crippen LogP contribution in [0.25, 0.3) is 6.08 Å². The molecule has 9 heteroatoms. The fourth-order valence-electron chi connectivity index (χ4n) is 3.05. The number of nitrogens with zero attached hydrogens (tertiary/aromatic N) is 2. The molecule has 0 aliphatic rings. The lowest BCUT2D eigenvalue weighted by atomic mass is 10.1. The Kier molecular flexibility index (Phi) is 7.90. The van der Waals surface area contributed by atoms with E-state index in [1.54, 1.807) is 18.2 Å². The van der Waals surface area contributed by atoms with Gasteiger partial charge in [-0.2, -0.15) is 5.26 Å². The number of halogens is 2. The molecule has 172 valence electrons. The first-order valence-electron chi connectivity index (χ1n) is 10.0. The molecular weight excluding hydrogens is 477 g/mol. The van der Waals surface area contributed by atoms with Crippen molar-refractivity contribution < 1.29 is 14.5 Å². The molecule has 0 atom stereocenters. The normalized spacial score (nSPS) is 11.0. The summed E-state index contributed by atoms with van der Waals surface area (Å²) in [5.74, 6) is -0.380. The van der Waals surface area contributed by atoms with Crippen molar-refractivity contribution in [1.29, 1.82) is 5.26 Å². The molecule has 0 bridgehead atoms. The van der Waals surface area contributed by atoms with Crippen LogP contribution in [0.5, 0.6) is 5.75 Å². The van der Waals surface area contributed by atoms with Crippen LogP contribution in [-0.2, 0) is 11.4 Å². The van der Waals surface area contributed by atoms with Crippen LogP contribution in [0.4, 0.5) is 11.4 Å². The Morgan fingerprint density at radius 3 is 2.44 bits per heavy atom. The van der Waals surface area contributed by atoms with Crippen LogP contribution < -0.4 is 10.1 Å². The van der Waals surface area contributed by atoms with Gasteiger partial charge >= 0.3 is 0 Å². The SMILES string of the molecule is Cc1ccc(NC(=O)/C(C#N)=C/c2cc(Cl)c(OCc3cccc([N+](=O)[O-])c3)c(Cl)c2)cc1C. The second-order valence-electron chi connectivity index (χ2n) is 7.45. The summed E-state index contributed by atoms with van der Waals surface area (Å²) in [6, 6.07) is 16.4. The summed E-state index contributed by atoms with van der Waals surface area (Å²) in [7, 11) is 0. The van der Waals surface area contributed by atoms with Gasteiger partial charge in [-0.15, -0.1) is 0 Å². The molecule has 0 unspecified atom stereocenters. The van der Waals surface area contributed by atoms with Gasteiger partial charge in [-0.1, -0.05) is 41.4 Å². The van der Waals surface area contributed by atoms with Gasteiger partial charge in [0.1, 0.15) is 18.2 Å². The Balaban J connectivity index is 1.77. The van der Waals surface area contributed by atoms with Crippen LogP contribution in [0.15, 0.2) is 60.2 Å². The number of rotatable bonds is 7. The highest BCUT2D eigenvalue weighted by molar-refractivity contribution is 6.37. The third-order valence-electron chi connectivity index (χ3n) is 4.97. The monoisotopic (exact) mass is 495 g/mol. The number of nitro benzene ring substituents is 1. The Hall–Kier alpha value is -3.86. The van der Waals surface area contributed by atoms with Crippen molar-refractivity contribution in [3.05, 3.63) is 103 Å². The number of amides is 1. The number of carbonyl (C=O) groups is 1. The molecule has 34 heavy (non-hydrogen) atoms. The highest BCUT2D eigenvalue weighted by Gasteiger charge is 2.14. The molecule has 0 saturated heterocycles. The summed E-state index contributed by atoms with van der Waals surface area (Å²) in [4.78, 5) is 23.0. The number of nitrogens with one attached hydrogen (secondary N) is 1. The number of non-ortho nitro benzene ring substituents is 1. The molecule has 0 aromatic heterocycles. The van der Waals surface area contributed by atoms with Gasteiger partial charge in [-0.25, -0.2) is 0 Å². The van der Waals surface area contributed by atoms with Crippen LogP contribution in [0.1, 0.15) is 22.3 Å². The molecular formula is C25H19Cl2N3O4. The third-order valence-corrected chi connectivity index (χ3v) is 5.53. The first-order valence-corrected chi connectivity index (χ1v) is 10.8. The number of hydrogen-bond donors (Lipinski definition) is 1. The zero-order chi connectivity index (χ0) is 24.8. The molecule has 3 rings (SSSR count). The third kappa shape index (κ3) is 6.13. The van der Waals surface area contributed by atoms with Gasteiger partial charge in [0.2, 0.25) is 0 Å². The second-order valence-corrected chi connectivity index (χ2v) is 8.27. The van der Waals surface area contributed by atoms with Crippen molar-refractivity contribution in [2.75, 3.05) is 5.32 Å². The molecule has 1 amide bonds. The quantitative estimate of drug-likeness (QED) is 0.171. The van der Waals surface area contributed by atoms with Gasteiger partial charge in [0, 0.05) is 17.8 Å². The van der Waals surface area contributed by atoms with Crippen molar-refractivity contribution in [1.82, 2.24) is 0 Å². The maximum absolute atomic E-state index is 12.6. The number of hydrogen-bond acceptors (Lipinski definition) is 5. The molecule has 0 spiro atoms. The largest absolute Gasteiger partial charge is 0.486 e. The molecule has 0 saturated carbocycles. The minimum atomic E-state index is -0.566. The number of aryl methyl sites for hydroxylation is 2. The van der Waals surface area contributed by atoms with E-state index in [2.05, 4.69) is 5.32 Å². The van der Waals surface area contributed by atoms with Gasteiger partial charge in [0.05, 0.1) is 15.0 Å². The number of anilines is 1. The maximum Gasteiger partial charge on any atom is 0.269 e. The zero-order valence-electron chi connectivity index (χ0n) is 18.3. The minimum Gasteiger partial charge on any atom is -0.486 e. The smallest absolute Gasteiger partial charge is 0.269 e. The number of ether oxygens (including phenoxy) is 1. The van der Waals surface area contributed by atoms with Crippen LogP contribution >= 0.6 is 23.2 Å². The molecule has 1 N–H and O–H groups in total. The summed E-state index contributed by atoms with van der Waals surface area (Å²) in [6.45, 7) is 3.91. The number of nitriles is 1. The lowest BCUT2D eigenvalue weighted by molar-refractivity contribution is -0.384. The van der Waals surface area contributed by atoms with Crippen LogP contribution in [0, 0.1) is 35.3 Å². The number of nitro groups is 1. The predicted molar refractivity (Wildman–Crippen MR) is 132 cm³/mol. The first kappa shape index (κ1) is 24.8. The Morgan fingerprint density at radius 2 is 1.82 bits per heavy atom. The maximum atomic E-state index is 12.6. The molecule has 3 aromatic carbocycles. The summed E-state index contributed by atoms with van der Waals surface area (Å²) in [6.07, 6.45) is 1.37. The zero-order valence-corrected chi connectivity index (χ0v) is 19.8. The van der Waals surface area contributed by atoms with Gasteiger partial charge in [-0.3, -0.25) is 14.9 Å². The van der Waals surface area contributed by atoms with Crippen molar-refractivity contribution in [2.45, 2.75) is 20.5 Å². The van der Waals surface area contributed by atoms with E-state index in [4.69, 9.17) is 27.9 Å². The van der Waals surface area contributed by atoms with E-state index in [1.807, 2.05) is 32.0 Å². The van der Waals surface area contributed by atoms with E-state index in [9.17, 15) is 20.2 Å². The molecule has 0 aliphatic carbocycles. The second kappa shape index (κ2) is 10.8. The predicted octanol–water partition coefficient (Wildman–Crippen LogP) is 6.64. The molecule has 7 nitrogen and oxygen atoms in total. The van der Waals surface area contributed by atoms with Crippen LogP contribution in [0.2, 0.25) is 10.0 Å². The molecule has 0 fully saturated rings. The Labute approximate surface area is 206 Å². The number of carbonyl (C=O) groups excluding carboxylic acids is 1. The van der Waals surface area contributed by atoms with E-state index in [1.165, 1.54) is 30.3 Å². The van der Waals surface area contributed by atoms with Gasteiger partial charge in [-0.05, 0) is 66.4 Å². The average Bonchev–Trinajstić information content (AvgIpc) is 2.79. The lowest BCUT2D eigenvalue weighted by Crippen LogP contribution is -2.13. The van der Waals surface area contributed by atoms with Gasteiger partial charge < -0.3 is 10.1 Å². The first-order chi connectivity index (χ1) is 16.2. The summed E-state index contributed by atoms with van der Waals surface area (Å²) < 4.78 is 5.67. The molecule has 3 aromatic rings. The van der Waals surface area contributed by atoms with E-state index >= 15 is 0 Å². The van der Waals surface area contributed by atoms with Crippen molar-refractivity contribution >= 4 is 46.6 Å². The van der Waals surface area contributed by atoms with E-state index in [-0.39, 0.29) is 33.7 Å². The topological polar surface area (TPSA) is 105 Å². The average molecular weight is 496 g/mol. The van der Waals surface area contributed by atoms with Crippen molar-refractivity contribution in [3.8, 4) is 11.8 Å². The van der Waals surface area contributed by atoms with Gasteiger partial charge in [0.25, 0.3) is 11.6 Å². The van der Waals surface area contributed by atoms with Gasteiger partial charge in [0.15, 0.2) is 5.75 Å². The van der Waals surface area contributed by atoms with E-state index in [0.29, 0.717) is 16.8 Å². The Morgan fingerprint density at radius 1 is 1.12 bits per heavy atom. The fraction of sp³-hybridized carbons (Fsp3) is 0.120. The molecule has 0 radical (unpaired) electrons. The Bertz CT molecular complexity index is 1320. The molecule has 0 heterocycles. The lowest BCUT2D eigenvalue weighted by Gasteiger charge is -2.11. The van der Waals surface area contributed by atoms with Crippen LogP contribution in [0.3, 0.4) is 0 Å². The van der Waals surface area contributed by atoms with E-state index < -0.39 is 10.8 Å². The van der Waals surface area contributed by atoms with Crippen LogP contribution in [-0.4, -0.2) is 10.8 Å². The summed E-state index contributed by atoms with van der Waals surface area (Å²) >= 11 is 12.6. The van der Waals surface area contributed by atoms with Crippen molar-refractivity contribution in [2.24, 2.45) is 0 Å². The van der Waals surface area contributed by atoms with E-state index in [0.717, 1.165) is 11.1 Å². The highest BCUT2D eigenvalue weighted by atomic mass is 35.5. The fourth-order valence-corrected chi connectivity index (χ4v) is 3.66. The highest BCUT2D eigenvalue weighted by Crippen LogP contribution is 2.35. The molecule has 0 aliphatic heterocycles. The minimum absolute atomic E-state index is 0.0120.